The molecule has 0 amide bonds. The molecule has 0 aliphatic carbocycles. The van der Waals surface area contributed by atoms with Crippen LogP contribution in [0.25, 0.3) is 0 Å². The number of rotatable bonds is 14. The molecular weight excluding hydrogens is 410 g/mol. The molecule has 1 aliphatic rings. The first-order valence-electron chi connectivity index (χ1n) is 13.0. The van der Waals surface area contributed by atoms with E-state index in [4.69, 9.17) is 9.47 Å². The van der Waals surface area contributed by atoms with Gasteiger partial charge in [0.2, 0.25) is 0 Å². The molecule has 0 unspecified atom stereocenters. The minimum Gasteiger partial charge on any atom is -0.494 e. The van der Waals surface area contributed by atoms with E-state index in [0.717, 1.165) is 82.9 Å². The summed E-state index contributed by atoms with van der Waals surface area (Å²) in [5.41, 5.74) is 1.25. The van der Waals surface area contributed by atoms with Gasteiger partial charge in [-0.3, -0.25) is 4.90 Å². The predicted octanol–water partition coefficient (Wildman–Crippen LogP) is 6.14. The second-order valence-electron chi connectivity index (χ2n) is 9.34. The van der Waals surface area contributed by atoms with Crippen molar-refractivity contribution < 1.29 is 14.6 Å². The fourth-order valence-electron chi connectivity index (χ4n) is 4.77. The Hall–Kier alpha value is -1.88. The topological polar surface area (TPSA) is 41.9 Å². The zero-order chi connectivity index (χ0) is 23.4. The van der Waals surface area contributed by atoms with Crippen molar-refractivity contribution in [3.8, 4) is 5.75 Å². The highest BCUT2D eigenvalue weighted by molar-refractivity contribution is 5.35. The number of ether oxygens (including phenoxy) is 2. The van der Waals surface area contributed by atoms with Gasteiger partial charge in [-0.15, -0.1) is 0 Å². The minimum absolute atomic E-state index is 0.00899. The second-order valence-corrected chi connectivity index (χ2v) is 9.34. The van der Waals surface area contributed by atoms with Gasteiger partial charge in [0.05, 0.1) is 25.4 Å². The summed E-state index contributed by atoms with van der Waals surface area (Å²) in [6, 6.07) is 18.8. The van der Waals surface area contributed by atoms with E-state index in [2.05, 4.69) is 61.2 Å². The quantitative estimate of drug-likeness (QED) is 0.349. The van der Waals surface area contributed by atoms with Gasteiger partial charge >= 0.3 is 0 Å². The first kappa shape index (κ1) is 25.7. The lowest BCUT2D eigenvalue weighted by molar-refractivity contribution is -0.0296. The Morgan fingerprint density at radius 2 is 1.61 bits per heavy atom. The summed E-state index contributed by atoms with van der Waals surface area (Å²) in [5, 5.41) is 12.4. The lowest BCUT2D eigenvalue weighted by Gasteiger charge is -2.41. The van der Waals surface area contributed by atoms with Crippen LogP contribution >= 0.6 is 0 Å². The van der Waals surface area contributed by atoms with E-state index < -0.39 is 5.60 Å². The van der Waals surface area contributed by atoms with Gasteiger partial charge in [0, 0.05) is 25.6 Å². The smallest absolute Gasteiger partial charge is 0.119 e. The minimum atomic E-state index is -0.935. The fraction of sp³-hybridized carbons (Fsp3) is 0.586. The Balaban J connectivity index is 1.90. The van der Waals surface area contributed by atoms with Crippen LogP contribution in [0.3, 0.4) is 0 Å². The fourth-order valence-corrected chi connectivity index (χ4v) is 4.77. The van der Waals surface area contributed by atoms with Crippen LogP contribution in [-0.2, 0) is 10.3 Å². The SMILES string of the molecule is CCCCCC[C@](O)(c1ccc(OCCCC)cc1)[C@@H](CN1CCOCC1)c1ccccc1. The molecule has 1 aliphatic heterocycles. The molecule has 33 heavy (non-hydrogen) atoms. The summed E-state index contributed by atoms with van der Waals surface area (Å²) in [6.45, 7) is 9.32. The maximum Gasteiger partial charge on any atom is 0.119 e. The van der Waals surface area contributed by atoms with Crippen LogP contribution in [0.4, 0.5) is 0 Å². The Labute approximate surface area is 200 Å². The van der Waals surface area contributed by atoms with Crippen molar-refractivity contribution in [3.63, 3.8) is 0 Å². The molecule has 2 aromatic carbocycles. The molecule has 3 rings (SSSR count). The van der Waals surface area contributed by atoms with Gasteiger partial charge < -0.3 is 14.6 Å². The highest BCUT2D eigenvalue weighted by Crippen LogP contribution is 2.42. The Kier molecular flexibility index (Phi) is 10.7. The van der Waals surface area contributed by atoms with E-state index in [1.54, 1.807) is 0 Å². The lowest BCUT2D eigenvalue weighted by atomic mass is 9.74. The van der Waals surface area contributed by atoms with Gasteiger partial charge in [-0.1, -0.05) is 88.4 Å². The van der Waals surface area contributed by atoms with Crippen LogP contribution in [0.15, 0.2) is 54.6 Å². The van der Waals surface area contributed by atoms with Crippen LogP contribution < -0.4 is 4.74 Å². The van der Waals surface area contributed by atoms with Crippen molar-refractivity contribution in [3.05, 3.63) is 65.7 Å². The highest BCUT2D eigenvalue weighted by Gasteiger charge is 2.40. The lowest BCUT2D eigenvalue weighted by Crippen LogP contribution is -2.45. The molecule has 1 saturated heterocycles. The van der Waals surface area contributed by atoms with Gasteiger partial charge in [0.25, 0.3) is 0 Å². The van der Waals surface area contributed by atoms with Crippen molar-refractivity contribution in [1.82, 2.24) is 4.90 Å². The van der Waals surface area contributed by atoms with E-state index in [1.165, 1.54) is 18.4 Å². The molecule has 4 heteroatoms. The van der Waals surface area contributed by atoms with Gasteiger partial charge in [-0.25, -0.2) is 0 Å². The number of nitrogens with zero attached hydrogens (tertiary/aromatic N) is 1. The first-order valence-corrected chi connectivity index (χ1v) is 13.0. The number of benzene rings is 2. The molecule has 1 fully saturated rings. The third kappa shape index (κ3) is 7.56. The molecule has 2 aromatic rings. The van der Waals surface area contributed by atoms with E-state index in [9.17, 15) is 5.11 Å². The molecule has 4 nitrogen and oxygen atoms in total. The van der Waals surface area contributed by atoms with E-state index >= 15 is 0 Å². The number of hydrogen-bond acceptors (Lipinski definition) is 4. The Morgan fingerprint density at radius 3 is 2.27 bits per heavy atom. The Bertz CT molecular complexity index is 773. The molecule has 1 heterocycles. The number of aliphatic hydroxyl groups is 1. The molecule has 0 bridgehead atoms. The van der Waals surface area contributed by atoms with E-state index in [1.807, 2.05) is 12.1 Å². The van der Waals surface area contributed by atoms with Crippen molar-refractivity contribution in [2.45, 2.75) is 70.3 Å². The monoisotopic (exact) mass is 453 g/mol. The summed E-state index contributed by atoms with van der Waals surface area (Å²) < 4.78 is 11.5. The van der Waals surface area contributed by atoms with Crippen molar-refractivity contribution in [1.29, 1.82) is 0 Å². The molecule has 0 aromatic heterocycles. The molecule has 1 N–H and O–H groups in total. The first-order chi connectivity index (χ1) is 16.2. The zero-order valence-corrected chi connectivity index (χ0v) is 20.7. The van der Waals surface area contributed by atoms with Crippen molar-refractivity contribution in [2.24, 2.45) is 0 Å². The van der Waals surface area contributed by atoms with Crippen LogP contribution in [-0.4, -0.2) is 49.5 Å². The molecular formula is C29H43NO3. The highest BCUT2D eigenvalue weighted by atomic mass is 16.5. The maximum absolute atomic E-state index is 12.4. The van der Waals surface area contributed by atoms with E-state index in [-0.39, 0.29) is 5.92 Å². The maximum atomic E-state index is 12.4. The molecule has 0 radical (unpaired) electrons. The Morgan fingerprint density at radius 1 is 0.909 bits per heavy atom. The average Bonchev–Trinajstić information content (AvgIpc) is 2.87. The van der Waals surface area contributed by atoms with Gasteiger partial charge in [0.15, 0.2) is 0 Å². The molecule has 0 spiro atoms. The van der Waals surface area contributed by atoms with Gasteiger partial charge in [-0.2, -0.15) is 0 Å². The number of unbranched alkanes of at least 4 members (excludes halogenated alkanes) is 4. The van der Waals surface area contributed by atoms with Crippen molar-refractivity contribution >= 4 is 0 Å². The second kappa shape index (κ2) is 13.7. The third-order valence-electron chi connectivity index (χ3n) is 6.86. The third-order valence-corrected chi connectivity index (χ3v) is 6.86. The van der Waals surface area contributed by atoms with Crippen molar-refractivity contribution in [2.75, 3.05) is 39.5 Å². The summed E-state index contributed by atoms with van der Waals surface area (Å²) >= 11 is 0. The summed E-state index contributed by atoms with van der Waals surface area (Å²) in [4.78, 5) is 2.44. The molecule has 0 saturated carbocycles. The number of morpholine rings is 1. The summed E-state index contributed by atoms with van der Waals surface area (Å²) in [5.74, 6) is 0.871. The standard InChI is InChI=1S/C29H43NO3/c1-3-5-7-11-18-29(31,26-14-16-27(17-15-26)33-21-6-4-2)28(25-12-9-8-10-13-25)24-30-19-22-32-23-20-30/h8-10,12-17,28,31H,3-7,11,18-24H2,1-2H3/t28-,29-/m0/s1. The van der Waals surface area contributed by atoms with Crippen LogP contribution in [0.2, 0.25) is 0 Å². The normalized spacial score (nSPS) is 17.4. The molecule has 2 atom stereocenters. The van der Waals surface area contributed by atoms with Crippen LogP contribution in [0.5, 0.6) is 5.75 Å². The average molecular weight is 454 g/mol. The summed E-state index contributed by atoms with van der Waals surface area (Å²) in [6.07, 6.45) is 7.50. The zero-order valence-electron chi connectivity index (χ0n) is 20.7. The van der Waals surface area contributed by atoms with Crippen LogP contribution in [0.1, 0.15) is 75.8 Å². The largest absolute Gasteiger partial charge is 0.494 e. The number of hydrogen-bond donors (Lipinski definition) is 1. The predicted molar refractivity (Wildman–Crippen MR) is 136 cm³/mol. The van der Waals surface area contributed by atoms with Crippen LogP contribution in [0, 0.1) is 0 Å². The van der Waals surface area contributed by atoms with Gasteiger partial charge in [-0.05, 0) is 36.1 Å². The van der Waals surface area contributed by atoms with E-state index in [0.29, 0.717) is 0 Å². The summed E-state index contributed by atoms with van der Waals surface area (Å²) in [7, 11) is 0. The van der Waals surface area contributed by atoms with Gasteiger partial charge in [0.1, 0.15) is 5.75 Å². The molecule has 182 valence electrons.